The number of amides is 1. The summed E-state index contributed by atoms with van der Waals surface area (Å²) in [5.41, 5.74) is 8.53. The van der Waals surface area contributed by atoms with Gasteiger partial charge in [0.05, 0.1) is 11.2 Å². The maximum absolute atomic E-state index is 12.4. The highest BCUT2D eigenvalue weighted by Gasteiger charge is 2.42. The van der Waals surface area contributed by atoms with E-state index in [-0.39, 0.29) is 11.8 Å². The second kappa shape index (κ2) is 9.09. The quantitative estimate of drug-likeness (QED) is 0.415. The fraction of sp³-hybridized carbons (Fsp3) is 0.360. The monoisotopic (exact) mass is 420 g/mol. The van der Waals surface area contributed by atoms with Crippen molar-refractivity contribution in [3.05, 3.63) is 71.9 Å². The van der Waals surface area contributed by atoms with Crippen molar-refractivity contribution in [3.8, 4) is 5.75 Å². The average molecular weight is 421 g/mol. The zero-order valence-corrected chi connectivity index (χ0v) is 18.0. The summed E-state index contributed by atoms with van der Waals surface area (Å²) in [6.07, 6.45) is 6.65. The molecule has 4 rings (SSSR count). The van der Waals surface area contributed by atoms with Gasteiger partial charge in [-0.15, -0.1) is 0 Å². The Labute approximate surface area is 183 Å². The van der Waals surface area contributed by atoms with Crippen LogP contribution < -0.4 is 10.5 Å². The zero-order chi connectivity index (χ0) is 21.0. The molecule has 5 heteroatoms. The van der Waals surface area contributed by atoms with Crippen LogP contribution in [0, 0.1) is 5.92 Å². The molecule has 30 heavy (non-hydrogen) atoms. The van der Waals surface area contributed by atoms with Crippen LogP contribution in [0.1, 0.15) is 49.8 Å². The summed E-state index contributed by atoms with van der Waals surface area (Å²) >= 11 is 4.85. The molecule has 0 bridgehead atoms. The average Bonchev–Trinajstić information content (AvgIpc) is 3.07. The number of aromatic nitrogens is 1. The van der Waals surface area contributed by atoms with Crippen LogP contribution in [0.2, 0.25) is 0 Å². The van der Waals surface area contributed by atoms with E-state index in [0.717, 1.165) is 53.6 Å². The standard InChI is InChI=1S/C25H28N2O2S/c26-24(28)25(30,19-8-3-1-2-4-9-19)20-12-15-22(16-13-20)29-17-21-14-11-18-7-5-6-10-23(18)27-21/h5-7,10-16,19,30H,1-4,8-9,17H2,(H2,26,28). The van der Waals surface area contributed by atoms with Crippen LogP contribution in [0.15, 0.2) is 60.7 Å². The third-order valence-corrected chi connectivity index (χ3v) is 7.00. The minimum atomic E-state index is -0.942. The van der Waals surface area contributed by atoms with E-state index in [2.05, 4.69) is 11.1 Å². The molecule has 1 fully saturated rings. The first-order valence-corrected chi connectivity index (χ1v) is 11.1. The Morgan fingerprint density at radius 1 is 1.00 bits per heavy atom. The number of nitrogens with zero attached hydrogens (tertiary/aromatic N) is 1. The van der Waals surface area contributed by atoms with Crippen LogP contribution in [0.5, 0.6) is 5.75 Å². The summed E-state index contributed by atoms with van der Waals surface area (Å²) < 4.78 is 4.99. The lowest BCUT2D eigenvalue weighted by Gasteiger charge is -2.34. The van der Waals surface area contributed by atoms with Crippen molar-refractivity contribution in [1.29, 1.82) is 0 Å². The van der Waals surface area contributed by atoms with Gasteiger partial charge in [0.15, 0.2) is 0 Å². The minimum absolute atomic E-state index is 0.161. The predicted molar refractivity (Wildman–Crippen MR) is 124 cm³/mol. The lowest BCUT2D eigenvalue weighted by Crippen LogP contribution is -2.42. The zero-order valence-electron chi connectivity index (χ0n) is 17.1. The molecule has 0 aliphatic heterocycles. The largest absolute Gasteiger partial charge is 0.487 e. The first-order chi connectivity index (χ1) is 14.6. The molecule has 0 radical (unpaired) electrons. The molecule has 4 nitrogen and oxygen atoms in total. The summed E-state index contributed by atoms with van der Waals surface area (Å²) in [6, 6.07) is 19.7. The molecular weight excluding hydrogens is 392 g/mol. The number of hydrogen-bond donors (Lipinski definition) is 2. The maximum Gasteiger partial charge on any atom is 0.238 e. The van der Waals surface area contributed by atoms with E-state index in [9.17, 15) is 4.79 Å². The van der Waals surface area contributed by atoms with Crippen LogP contribution in [0.3, 0.4) is 0 Å². The third-order valence-electron chi connectivity index (χ3n) is 6.16. The number of primary amides is 1. The van der Waals surface area contributed by atoms with Gasteiger partial charge < -0.3 is 10.5 Å². The molecule has 0 spiro atoms. The molecule has 0 saturated heterocycles. The van der Waals surface area contributed by atoms with Gasteiger partial charge >= 0.3 is 0 Å². The van der Waals surface area contributed by atoms with Gasteiger partial charge in [0, 0.05) is 5.39 Å². The first-order valence-electron chi connectivity index (χ1n) is 10.7. The maximum atomic E-state index is 12.4. The molecule has 2 N–H and O–H groups in total. The van der Waals surface area contributed by atoms with Crippen LogP contribution >= 0.6 is 12.6 Å². The summed E-state index contributed by atoms with van der Waals surface area (Å²) in [5, 5.41) is 1.11. The van der Waals surface area contributed by atoms with Gasteiger partial charge in [-0.3, -0.25) is 4.79 Å². The summed E-state index contributed by atoms with van der Waals surface area (Å²) in [4.78, 5) is 17.1. The van der Waals surface area contributed by atoms with Crippen molar-refractivity contribution in [3.63, 3.8) is 0 Å². The number of para-hydroxylation sites is 1. The van der Waals surface area contributed by atoms with Crippen molar-refractivity contribution in [2.24, 2.45) is 11.7 Å². The second-order valence-corrected chi connectivity index (χ2v) is 8.83. The van der Waals surface area contributed by atoms with Crippen molar-refractivity contribution in [2.45, 2.75) is 49.9 Å². The highest BCUT2D eigenvalue weighted by molar-refractivity contribution is 7.82. The minimum Gasteiger partial charge on any atom is -0.487 e. The Bertz CT molecular complexity index is 1010. The predicted octanol–water partition coefficient (Wildman–Crippen LogP) is 5.39. The van der Waals surface area contributed by atoms with Gasteiger partial charge in [0.25, 0.3) is 0 Å². The topological polar surface area (TPSA) is 65.2 Å². The lowest BCUT2D eigenvalue weighted by atomic mass is 9.80. The normalized spacial score (nSPS) is 17.2. The highest BCUT2D eigenvalue weighted by Crippen LogP contribution is 2.43. The highest BCUT2D eigenvalue weighted by atomic mass is 32.1. The van der Waals surface area contributed by atoms with Crippen molar-refractivity contribution in [2.75, 3.05) is 0 Å². The molecule has 1 unspecified atom stereocenters. The number of carbonyl (C=O) groups is 1. The summed E-state index contributed by atoms with van der Waals surface area (Å²) in [5.74, 6) is 0.524. The fourth-order valence-electron chi connectivity index (χ4n) is 4.43. The smallest absolute Gasteiger partial charge is 0.238 e. The van der Waals surface area contributed by atoms with E-state index in [4.69, 9.17) is 23.1 Å². The Morgan fingerprint density at radius 3 is 2.40 bits per heavy atom. The van der Waals surface area contributed by atoms with Gasteiger partial charge in [-0.2, -0.15) is 12.6 Å². The van der Waals surface area contributed by atoms with Crippen LogP contribution in [0.4, 0.5) is 0 Å². The van der Waals surface area contributed by atoms with Crippen LogP contribution in [-0.2, 0) is 16.1 Å². The number of thiol groups is 1. The fourth-order valence-corrected chi connectivity index (χ4v) is 4.83. The van der Waals surface area contributed by atoms with Gasteiger partial charge in [-0.1, -0.05) is 62.1 Å². The van der Waals surface area contributed by atoms with E-state index in [0.29, 0.717) is 6.61 Å². The lowest BCUT2D eigenvalue weighted by molar-refractivity contribution is -0.122. The van der Waals surface area contributed by atoms with Gasteiger partial charge in [-0.25, -0.2) is 4.98 Å². The van der Waals surface area contributed by atoms with E-state index in [1.54, 1.807) is 0 Å². The Kier molecular flexibility index (Phi) is 6.28. The number of benzene rings is 2. The molecule has 3 aromatic rings. The number of nitrogens with two attached hydrogens (primary N) is 1. The van der Waals surface area contributed by atoms with E-state index >= 15 is 0 Å². The number of pyridine rings is 1. The Balaban J connectivity index is 1.48. The molecule has 2 aromatic carbocycles. The number of ether oxygens (including phenoxy) is 1. The molecular formula is C25H28N2O2S. The van der Waals surface area contributed by atoms with Crippen molar-refractivity contribution >= 4 is 29.4 Å². The second-order valence-electron chi connectivity index (χ2n) is 8.13. The number of fused-ring (bicyclic) bond motifs is 1. The molecule has 1 saturated carbocycles. The molecule has 1 aliphatic rings. The number of hydrogen-bond acceptors (Lipinski definition) is 4. The van der Waals surface area contributed by atoms with E-state index < -0.39 is 4.75 Å². The summed E-state index contributed by atoms with van der Waals surface area (Å²) in [6.45, 7) is 0.384. The third kappa shape index (κ3) is 4.31. The number of rotatable bonds is 6. The van der Waals surface area contributed by atoms with E-state index in [1.165, 1.54) is 12.8 Å². The van der Waals surface area contributed by atoms with Crippen LogP contribution in [-0.4, -0.2) is 10.9 Å². The van der Waals surface area contributed by atoms with E-state index in [1.807, 2.05) is 54.6 Å². The Morgan fingerprint density at radius 2 is 1.70 bits per heavy atom. The van der Waals surface area contributed by atoms with Gasteiger partial charge in [-0.05, 0) is 48.6 Å². The van der Waals surface area contributed by atoms with Gasteiger partial charge in [0.2, 0.25) is 5.91 Å². The molecule has 1 aliphatic carbocycles. The Hall–Kier alpha value is -2.53. The van der Waals surface area contributed by atoms with Crippen molar-refractivity contribution in [1.82, 2.24) is 4.98 Å². The summed E-state index contributed by atoms with van der Waals surface area (Å²) in [7, 11) is 0. The molecule has 1 amide bonds. The van der Waals surface area contributed by atoms with Crippen molar-refractivity contribution < 1.29 is 9.53 Å². The number of carbonyl (C=O) groups excluding carboxylic acids is 1. The van der Waals surface area contributed by atoms with Crippen LogP contribution in [0.25, 0.3) is 10.9 Å². The molecule has 1 atom stereocenters. The van der Waals surface area contributed by atoms with Gasteiger partial charge in [0.1, 0.15) is 17.1 Å². The first kappa shape index (κ1) is 20.7. The molecule has 1 aromatic heterocycles. The molecule has 1 heterocycles. The SMILES string of the molecule is NC(=O)C(S)(c1ccc(OCc2ccc3ccccc3n2)cc1)C1CCCCCC1. The molecule has 156 valence electrons.